The lowest BCUT2D eigenvalue weighted by molar-refractivity contribution is -0.118. The number of nitrogens with zero attached hydrogens (tertiary/aromatic N) is 1. The number of rotatable bonds is 7. The Morgan fingerprint density at radius 2 is 1.50 bits per heavy atom. The van der Waals surface area contributed by atoms with Crippen LogP contribution < -0.4 is 16.0 Å². The number of amides is 3. The number of para-hydroxylation sites is 1. The third-order valence-corrected chi connectivity index (χ3v) is 5.95. The van der Waals surface area contributed by atoms with E-state index in [1.165, 1.54) is 12.1 Å². The van der Waals surface area contributed by atoms with Gasteiger partial charge in [0.2, 0.25) is 0 Å². The monoisotopic (exact) mass is 460 g/mol. The molecule has 0 spiro atoms. The fourth-order valence-corrected chi connectivity index (χ4v) is 4.12. The van der Waals surface area contributed by atoms with Crippen molar-refractivity contribution in [2.24, 2.45) is 0 Å². The van der Waals surface area contributed by atoms with E-state index >= 15 is 0 Å². The predicted molar refractivity (Wildman–Crippen MR) is 131 cm³/mol. The van der Waals surface area contributed by atoms with Crippen LogP contribution in [0.15, 0.2) is 84.9 Å². The zero-order chi connectivity index (χ0) is 23.8. The number of hydrogen-bond acceptors (Lipinski definition) is 3. The molecule has 4 rings (SSSR count). The van der Waals surface area contributed by atoms with Crippen molar-refractivity contribution in [3.63, 3.8) is 0 Å². The Hall–Kier alpha value is -3.71. The first-order valence-corrected chi connectivity index (χ1v) is 11.5. The number of hydrogen-bond donors (Lipinski definition) is 3. The molecule has 1 aliphatic rings. The van der Waals surface area contributed by atoms with E-state index in [4.69, 9.17) is 0 Å². The van der Waals surface area contributed by atoms with Crippen molar-refractivity contribution in [1.82, 2.24) is 15.5 Å². The highest BCUT2D eigenvalue weighted by Crippen LogP contribution is 2.17. The molecule has 0 saturated carbocycles. The number of likely N-dealkylation sites (tertiary alicyclic amines) is 1. The molecule has 1 atom stereocenters. The first-order valence-electron chi connectivity index (χ1n) is 11.5. The zero-order valence-electron chi connectivity index (χ0n) is 18.9. The smallest absolute Gasteiger partial charge is 0.315 e. The number of urea groups is 1. The van der Waals surface area contributed by atoms with Gasteiger partial charge in [0.05, 0.1) is 0 Å². The third kappa shape index (κ3) is 6.65. The predicted octanol–water partition coefficient (Wildman–Crippen LogP) is 4.47. The third-order valence-electron chi connectivity index (χ3n) is 5.95. The van der Waals surface area contributed by atoms with Crippen LogP contribution in [0.5, 0.6) is 0 Å². The minimum absolute atomic E-state index is 0.0260. The first kappa shape index (κ1) is 23.4. The van der Waals surface area contributed by atoms with E-state index in [1.807, 2.05) is 48.5 Å². The molecule has 1 unspecified atom stereocenters. The summed E-state index contributed by atoms with van der Waals surface area (Å²) in [5.74, 6) is -0.536. The van der Waals surface area contributed by atoms with Gasteiger partial charge in [0.25, 0.3) is 5.91 Å². The van der Waals surface area contributed by atoms with Crippen LogP contribution in [0, 0.1) is 5.82 Å². The van der Waals surface area contributed by atoms with E-state index < -0.39 is 6.04 Å². The summed E-state index contributed by atoms with van der Waals surface area (Å²) >= 11 is 0. The van der Waals surface area contributed by atoms with Crippen LogP contribution in [-0.2, 0) is 11.3 Å². The van der Waals surface area contributed by atoms with E-state index in [0.717, 1.165) is 38.0 Å². The molecule has 1 aliphatic heterocycles. The van der Waals surface area contributed by atoms with Crippen LogP contribution in [0.1, 0.15) is 30.0 Å². The topological polar surface area (TPSA) is 73.5 Å². The van der Waals surface area contributed by atoms with Crippen molar-refractivity contribution in [3.05, 3.63) is 102 Å². The molecular formula is C27H29FN4O2. The Bertz CT molecular complexity index is 1070. The molecule has 0 aliphatic carbocycles. The van der Waals surface area contributed by atoms with E-state index in [1.54, 1.807) is 24.3 Å². The molecule has 1 heterocycles. The normalized spacial score (nSPS) is 15.3. The van der Waals surface area contributed by atoms with Crippen LogP contribution in [0.3, 0.4) is 0 Å². The molecule has 1 fully saturated rings. The van der Waals surface area contributed by atoms with Gasteiger partial charge in [0.1, 0.15) is 11.9 Å². The van der Waals surface area contributed by atoms with Crippen molar-refractivity contribution in [2.75, 3.05) is 18.4 Å². The van der Waals surface area contributed by atoms with E-state index in [2.05, 4.69) is 20.9 Å². The van der Waals surface area contributed by atoms with Gasteiger partial charge < -0.3 is 16.0 Å². The lowest BCUT2D eigenvalue weighted by atomic mass is 10.0. The molecule has 3 N–H and O–H groups in total. The number of benzene rings is 3. The largest absolute Gasteiger partial charge is 0.335 e. The summed E-state index contributed by atoms with van der Waals surface area (Å²) in [4.78, 5) is 28.1. The summed E-state index contributed by atoms with van der Waals surface area (Å²) in [6, 6.07) is 23.8. The summed E-state index contributed by atoms with van der Waals surface area (Å²) in [5, 5.41) is 8.74. The highest BCUT2D eigenvalue weighted by atomic mass is 19.1. The first-order chi connectivity index (χ1) is 16.6. The second kappa shape index (κ2) is 11.4. The van der Waals surface area contributed by atoms with Crippen molar-refractivity contribution < 1.29 is 14.0 Å². The second-order valence-corrected chi connectivity index (χ2v) is 8.49. The maximum atomic E-state index is 13.1. The van der Waals surface area contributed by atoms with Crippen molar-refractivity contribution >= 4 is 17.6 Å². The average Bonchev–Trinajstić information content (AvgIpc) is 2.86. The molecule has 176 valence electrons. The standard InChI is InChI=1S/C27H29FN4O2/c28-22-13-11-20(12-14-22)19-32-17-15-24(16-18-32)30-27(34)31-25(21-7-3-1-4-8-21)26(33)29-23-9-5-2-6-10-23/h1-14,24-25H,15-19H2,(H,29,33)(H2,30,31,34). The van der Waals surface area contributed by atoms with Gasteiger partial charge in [0, 0.05) is 31.4 Å². The highest BCUT2D eigenvalue weighted by molar-refractivity contribution is 5.97. The fraction of sp³-hybridized carbons (Fsp3) is 0.259. The lowest BCUT2D eigenvalue weighted by Crippen LogP contribution is -2.49. The number of piperidine rings is 1. The Labute approximate surface area is 199 Å². The lowest BCUT2D eigenvalue weighted by Gasteiger charge is -2.32. The Morgan fingerprint density at radius 1 is 0.882 bits per heavy atom. The number of nitrogens with one attached hydrogen (secondary N) is 3. The summed E-state index contributed by atoms with van der Waals surface area (Å²) in [7, 11) is 0. The highest BCUT2D eigenvalue weighted by Gasteiger charge is 2.25. The summed E-state index contributed by atoms with van der Waals surface area (Å²) in [6.45, 7) is 2.42. The van der Waals surface area contributed by atoms with Gasteiger partial charge in [-0.1, -0.05) is 60.7 Å². The summed E-state index contributed by atoms with van der Waals surface area (Å²) in [6.07, 6.45) is 1.61. The fourth-order valence-electron chi connectivity index (χ4n) is 4.12. The maximum absolute atomic E-state index is 13.1. The molecule has 1 saturated heterocycles. The Kier molecular flexibility index (Phi) is 7.88. The second-order valence-electron chi connectivity index (χ2n) is 8.49. The van der Waals surface area contributed by atoms with Gasteiger partial charge in [0.15, 0.2) is 0 Å². The molecule has 3 aromatic carbocycles. The van der Waals surface area contributed by atoms with Crippen LogP contribution >= 0.6 is 0 Å². The van der Waals surface area contributed by atoms with E-state index in [9.17, 15) is 14.0 Å². The maximum Gasteiger partial charge on any atom is 0.315 e. The van der Waals surface area contributed by atoms with Crippen LogP contribution in [0.4, 0.5) is 14.9 Å². The molecule has 3 amide bonds. The molecular weight excluding hydrogens is 431 g/mol. The quantitative estimate of drug-likeness (QED) is 0.487. The van der Waals surface area contributed by atoms with Gasteiger partial charge in [-0.05, 0) is 48.2 Å². The van der Waals surface area contributed by atoms with E-state index in [0.29, 0.717) is 11.3 Å². The van der Waals surface area contributed by atoms with Crippen molar-refractivity contribution in [1.29, 1.82) is 0 Å². The molecule has 3 aromatic rings. The SMILES string of the molecule is O=C(NC1CCN(Cc2ccc(F)cc2)CC1)NC(C(=O)Nc1ccccc1)c1ccccc1. The number of carbonyl (C=O) groups is 2. The zero-order valence-corrected chi connectivity index (χ0v) is 18.9. The average molecular weight is 461 g/mol. The van der Waals surface area contributed by atoms with Crippen LogP contribution in [0.25, 0.3) is 0 Å². The molecule has 7 heteroatoms. The molecule has 6 nitrogen and oxygen atoms in total. The van der Waals surface area contributed by atoms with Gasteiger partial charge in [-0.15, -0.1) is 0 Å². The Morgan fingerprint density at radius 3 is 2.15 bits per heavy atom. The number of anilines is 1. The van der Waals surface area contributed by atoms with Crippen molar-refractivity contribution in [2.45, 2.75) is 31.5 Å². The van der Waals surface area contributed by atoms with Gasteiger partial charge in [-0.25, -0.2) is 9.18 Å². The Balaban J connectivity index is 1.31. The van der Waals surface area contributed by atoms with Gasteiger partial charge >= 0.3 is 6.03 Å². The number of halogens is 1. The van der Waals surface area contributed by atoms with Crippen LogP contribution in [-0.4, -0.2) is 36.0 Å². The van der Waals surface area contributed by atoms with Gasteiger partial charge in [-0.2, -0.15) is 0 Å². The van der Waals surface area contributed by atoms with Crippen LogP contribution in [0.2, 0.25) is 0 Å². The minimum atomic E-state index is -0.819. The summed E-state index contributed by atoms with van der Waals surface area (Å²) < 4.78 is 13.1. The van der Waals surface area contributed by atoms with Gasteiger partial charge in [-0.3, -0.25) is 9.69 Å². The van der Waals surface area contributed by atoms with Crippen molar-refractivity contribution in [3.8, 4) is 0 Å². The molecule has 0 bridgehead atoms. The molecule has 34 heavy (non-hydrogen) atoms. The van der Waals surface area contributed by atoms with E-state index in [-0.39, 0.29) is 23.8 Å². The number of carbonyl (C=O) groups excluding carboxylic acids is 2. The molecule has 0 radical (unpaired) electrons. The molecule has 0 aromatic heterocycles. The minimum Gasteiger partial charge on any atom is -0.335 e. The summed E-state index contributed by atoms with van der Waals surface area (Å²) in [5.41, 5.74) is 2.45.